The van der Waals surface area contributed by atoms with Crippen LogP contribution in [-0.2, 0) is 9.47 Å². The molecule has 0 aliphatic rings. The molecule has 0 aliphatic carbocycles. The summed E-state index contributed by atoms with van der Waals surface area (Å²) in [6, 6.07) is 0. The van der Waals surface area contributed by atoms with Crippen molar-refractivity contribution in [1.82, 2.24) is 4.98 Å². The minimum Gasteiger partial charge on any atom is -0.356 e. The minimum atomic E-state index is -0.466. The Labute approximate surface area is 65.0 Å². The first-order valence-electron chi connectivity index (χ1n) is 3.49. The molecule has 0 fully saturated rings. The third-order valence-corrected chi connectivity index (χ3v) is 3.53. The summed E-state index contributed by atoms with van der Waals surface area (Å²) in [7, 11) is 2.88. The normalized spacial score (nSPS) is 13.2. The zero-order chi connectivity index (χ0) is 8.04. The maximum absolute atomic E-state index is 5.17. The number of hydrogen-bond donors (Lipinski definition) is 1. The van der Waals surface area contributed by atoms with E-state index in [0.717, 1.165) is 6.54 Å². The van der Waals surface area contributed by atoms with E-state index in [1.807, 2.05) is 6.92 Å². The lowest BCUT2D eigenvalue weighted by Crippen LogP contribution is -2.44. The molecular formula is C6H17NO2Si. The van der Waals surface area contributed by atoms with Crippen molar-refractivity contribution in [3.8, 4) is 0 Å². The largest absolute Gasteiger partial charge is 0.356 e. The van der Waals surface area contributed by atoms with Gasteiger partial charge in [-0.3, -0.25) is 0 Å². The molecule has 0 spiro atoms. The first kappa shape index (κ1) is 10.1. The van der Waals surface area contributed by atoms with E-state index in [2.05, 4.69) is 11.9 Å². The smallest absolute Gasteiger partial charge is 0.162 e. The van der Waals surface area contributed by atoms with Crippen LogP contribution in [0.25, 0.3) is 0 Å². The van der Waals surface area contributed by atoms with E-state index in [9.17, 15) is 0 Å². The maximum atomic E-state index is 5.17. The van der Waals surface area contributed by atoms with Crippen molar-refractivity contribution in [2.24, 2.45) is 0 Å². The number of methoxy groups -OCH3 is 2. The molecule has 4 heteroatoms. The zero-order valence-corrected chi connectivity index (χ0v) is 8.64. The van der Waals surface area contributed by atoms with Crippen LogP contribution in [0.4, 0.5) is 0 Å². The Hall–Kier alpha value is 0.0969. The fourth-order valence-corrected chi connectivity index (χ4v) is 1.57. The van der Waals surface area contributed by atoms with E-state index in [0.29, 0.717) is 0 Å². The summed E-state index contributed by atoms with van der Waals surface area (Å²) in [5.41, 5.74) is -0.337. The fourth-order valence-electron chi connectivity index (χ4n) is 0.580. The molecule has 62 valence electrons. The summed E-state index contributed by atoms with van der Waals surface area (Å²) in [5, 5.41) is 0. The van der Waals surface area contributed by atoms with Gasteiger partial charge in [-0.2, -0.15) is 0 Å². The van der Waals surface area contributed by atoms with Crippen molar-refractivity contribution in [3.05, 3.63) is 0 Å². The highest BCUT2D eigenvalue weighted by atomic mass is 28.2. The second kappa shape index (κ2) is 4.84. The zero-order valence-electron chi connectivity index (χ0n) is 7.23. The van der Waals surface area contributed by atoms with E-state index >= 15 is 0 Å². The molecule has 0 atom stereocenters. The van der Waals surface area contributed by atoms with E-state index in [1.54, 1.807) is 14.2 Å². The summed E-state index contributed by atoms with van der Waals surface area (Å²) < 4.78 is 10.3. The summed E-state index contributed by atoms with van der Waals surface area (Å²) in [4.78, 5) is 3.28. The maximum Gasteiger partial charge on any atom is 0.162 e. The van der Waals surface area contributed by atoms with Crippen molar-refractivity contribution in [2.45, 2.75) is 19.3 Å². The molecule has 0 saturated carbocycles. The monoisotopic (exact) mass is 163 g/mol. The lowest BCUT2D eigenvalue weighted by Gasteiger charge is -2.25. The molecule has 0 aromatic rings. The standard InChI is InChI=1S/C6H17NO2Si/c1-5-7-10-6(2,8-3)9-4/h7H,5,10H2,1-4H3. The van der Waals surface area contributed by atoms with Crippen LogP contribution >= 0.6 is 0 Å². The van der Waals surface area contributed by atoms with Gasteiger partial charge >= 0.3 is 0 Å². The molecule has 1 N–H and O–H groups in total. The predicted molar refractivity (Wildman–Crippen MR) is 44.6 cm³/mol. The fraction of sp³-hybridized carbons (Fsp3) is 1.00. The average molecular weight is 163 g/mol. The van der Waals surface area contributed by atoms with Crippen molar-refractivity contribution in [3.63, 3.8) is 0 Å². The Balaban J connectivity index is 3.58. The first-order chi connectivity index (χ1) is 4.68. The van der Waals surface area contributed by atoms with E-state index in [4.69, 9.17) is 9.47 Å². The van der Waals surface area contributed by atoms with Crippen LogP contribution in [-0.4, -0.2) is 35.9 Å². The van der Waals surface area contributed by atoms with Crippen molar-refractivity contribution < 1.29 is 9.47 Å². The lowest BCUT2D eigenvalue weighted by molar-refractivity contribution is -0.131. The van der Waals surface area contributed by atoms with Crippen LogP contribution < -0.4 is 4.98 Å². The molecule has 0 aromatic heterocycles. The average Bonchev–Trinajstić information content (AvgIpc) is 2.00. The van der Waals surface area contributed by atoms with E-state index < -0.39 is 9.68 Å². The molecule has 0 saturated heterocycles. The van der Waals surface area contributed by atoms with Crippen LogP contribution in [0.15, 0.2) is 0 Å². The van der Waals surface area contributed by atoms with Crippen LogP contribution in [0.3, 0.4) is 0 Å². The number of ether oxygens (including phenoxy) is 2. The Bertz CT molecular complexity index is 85.8. The molecule has 0 radical (unpaired) electrons. The molecule has 0 aromatic carbocycles. The Morgan fingerprint density at radius 3 is 2.20 bits per heavy atom. The molecule has 10 heavy (non-hydrogen) atoms. The minimum absolute atomic E-state index is 0.337. The Morgan fingerprint density at radius 2 is 1.90 bits per heavy atom. The number of nitrogens with one attached hydrogen (secondary N) is 1. The topological polar surface area (TPSA) is 30.5 Å². The number of hydrogen-bond acceptors (Lipinski definition) is 3. The van der Waals surface area contributed by atoms with Gasteiger partial charge in [-0.25, -0.2) is 0 Å². The molecule has 0 rings (SSSR count). The summed E-state index contributed by atoms with van der Waals surface area (Å²) in [6.45, 7) is 5.04. The lowest BCUT2D eigenvalue weighted by atomic mass is 10.7. The quantitative estimate of drug-likeness (QED) is 0.444. The molecule has 3 nitrogen and oxygen atoms in total. The van der Waals surface area contributed by atoms with Gasteiger partial charge in [0.2, 0.25) is 0 Å². The molecular weight excluding hydrogens is 146 g/mol. The van der Waals surface area contributed by atoms with Gasteiger partial charge in [0.15, 0.2) is 15.1 Å². The third-order valence-electron chi connectivity index (χ3n) is 1.56. The summed E-state index contributed by atoms with van der Waals surface area (Å²) >= 11 is 0. The first-order valence-corrected chi connectivity index (χ1v) is 4.91. The second-order valence-corrected chi connectivity index (χ2v) is 4.46. The van der Waals surface area contributed by atoms with Gasteiger partial charge in [0.25, 0.3) is 0 Å². The van der Waals surface area contributed by atoms with Crippen LogP contribution in [0.2, 0.25) is 0 Å². The number of rotatable bonds is 5. The molecule has 0 heterocycles. The molecule has 0 amide bonds. The van der Waals surface area contributed by atoms with Crippen molar-refractivity contribution in [2.75, 3.05) is 20.8 Å². The van der Waals surface area contributed by atoms with Gasteiger partial charge in [-0.05, 0) is 13.5 Å². The summed E-state index contributed by atoms with van der Waals surface area (Å²) in [6.07, 6.45) is 0. The SMILES string of the molecule is CCN[SiH2]C(C)(OC)OC. The van der Waals surface area contributed by atoms with E-state index in [-0.39, 0.29) is 5.41 Å². The highest BCUT2D eigenvalue weighted by Gasteiger charge is 2.21. The van der Waals surface area contributed by atoms with Crippen molar-refractivity contribution in [1.29, 1.82) is 0 Å². The second-order valence-electron chi connectivity index (χ2n) is 2.32. The molecule has 0 bridgehead atoms. The molecule has 0 unspecified atom stereocenters. The highest BCUT2D eigenvalue weighted by Crippen LogP contribution is 2.04. The van der Waals surface area contributed by atoms with Crippen LogP contribution in [0, 0.1) is 0 Å². The van der Waals surface area contributed by atoms with Crippen LogP contribution in [0.5, 0.6) is 0 Å². The van der Waals surface area contributed by atoms with Gasteiger partial charge < -0.3 is 14.5 Å². The Morgan fingerprint density at radius 1 is 1.40 bits per heavy atom. The van der Waals surface area contributed by atoms with Gasteiger partial charge in [-0.15, -0.1) is 0 Å². The Kier molecular flexibility index (Phi) is 4.89. The van der Waals surface area contributed by atoms with Gasteiger partial charge in [0, 0.05) is 14.2 Å². The van der Waals surface area contributed by atoms with Gasteiger partial charge in [-0.1, -0.05) is 6.92 Å². The third kappa shape index (κ3) is 3.31. The van der Waals surface area contributed by atoms with E-state index in [1.165, 1.54) is 0 Å². The van der Waals surface area contributed by atoms with Crippen LogP contribution in [0.1, 0.15) is 13.8 Å². The molecule has 0 aliphatic heterocycles. The van der Waals surface area contributed by atoms with Crippen molar-refractivity contribution >= 4 is 9.68 Å². The van der Waals surface area contributed by atoms with Gasteiger partial charge in [0.1, 0.15) is 0 Å². The summed E-state index contributed by atoms with van der Waals surface area (Å²) in [5.74, 6) is 0. The highest BCUT2D eigenvalue weighted by molar-refractivity contribution is 6.35. The van der Waals surface area contributed by atoms with Gasteiger partial charge in [0.05, 0.1) is 0 Å². The predicted octanol–water partition coefficient (Wildman–Crippen LogP) is -0.354.